The summed E-state index contributed by atoms with van der Waals surface area (Å²) in [4.78, 5) is 28.0. The van der Waals surface area contributed by atoms with Gasteiger partial charge in [0.1, 0.15) is 0 Å². The van der Waals surface area contributed by atoms with Crippen LogP contribution in [0.25, 0.3) is 0 Å². The Morgan fingerprint density at radius 2 is 1.82 bits per heavy atom. The highest BCUT2D eigenvalue weighted by atomic mass is 35.5. The van der Waals surface area contributed by atoms with Crippen molar-refractivity contribution in [3.63, 3.8) is 0 Å². The second kappa shape index (κ2) is 8.39. The number of hydrogen-bond acceptors (Lipinski definition) is 3. The highest BCUT2D eigenvalue weighted by molar-refractivity contribution is 6.31. The van der Waals surface area contributed by atoms with E-state index in [0.29, 0.717) is 46.5 Å². The summed E-state index contributed by atoms with van der Waals surface area (Å²) in [6.07, 6.45) is 6.49. The van der Waals surface area contributed by atoms with E-state index in [0.717, 1.165) is 37.8 Å². The van der Waals surface area contributed by atoms with Crippen molar-refractivity contribution >= 4 is 29.1 Å². The van der Waals surface area contributed by atoms with Crippen LogP contribution in [0.15, 0.2) is 48.5 Å². The highest BCUT2D eigenvalue weighted by Gasteiger charge is 2.57. The molecule has 4 aliphatic carbocycles. The monoisotopic (exact) mass is 478 g/mol. The SMILES string of the molecule is O=C(Nc1ccc(CC2CCN(C3C4CC5CC3CC(O)(C5)C4)C2=O)c(Cl)c1)c1ccccc1. The van der Waals surface area contributed by atoms with Crippen molar-refractivity contribution in [3.8, 4) is 0 Å². The van der Waals surface area contributed by atoms with Gasteiger partial charge in [0, 0.05) is 34.8 Å². The summed E-state index contributed by atoms with van der Waals surface area (Å²) >= 11 is 6.58. The minimum Gasteiger partial charge on any atom is -0.390 e. The lowest BCUT2D eigenvalue weighted by Crippen LogP contribution is -2.62. The van der Waals surface area contributed by atoms with Gasteiger partial charge < -0.3 is 15.3 Å². The van der Waals surface area contributed by atoms with E-state index in [4.69, 9.17) is 11.6 Å². The number of halogens is 1. The number of nitrogens with zero attached hydrogens (tertiary/aromatic N) is 1. The van der Waals surface area contributed by atoms with E-state index >= 15 is 0 Å². The summed E-state index contributed by atoms with van der Waals surface area (Å²) in [5.41, 5.74) is 1.71. The lowest BCUT2D eigenvalue weighted by Gasteiger charge is -2.59. The molecule has 6 heteroatoms. The number of anilines is 1. The van der Waals surface area contributed by atoms with Gasteiger partial charge in [0.05, 0.1) is 5.60 Å². The molecule has 4 saturated carbocycles. The van der Waals surface area contributed by atoms with E-state index in [9.17, 15) is 14.7 Å². The number of carbonyl (C=O) groups is 2. The van der Waals surface area contributed by atoms with Gasteiger partial charge in [0.15, 0.2) is 0 Å². The van der Waals surface area contributed by atoms with Crippen molar-refractivity contribution in [2.75, 3.05) is 11.9 Å². The number of aliphatic hydroxyl groups is 1. The van der Waals surface area contributed by atoms with Crippen molar-refractivity contribution in [1.82, 2.24) is 4.90 Å². The normalized spacial score (nSPS) is 34.0. The van der Waals surface area contributed by atoms with Crippen LogP contribution in [0.3, 0.4) is 0 Å². The van der Waals surface area contributed by atoms with Crippen molar-refractivity contribution in [2.45, 2.75) is 56.6 Å². The maximum Gasteiger partial charge on any atom is 0.255 e. The van der Waals surface area contributed by atoms with Crippen molar-refractivity contribution < 1.29 is 14.7 Å². The average molecular weight is 479 g/mol. The number of likely N-dealkylation sites (tertiary alicyclic amines) is 1. The minimum absolute atomic E-state index is 0.0532. The molecule has 2 aromatic rings. The maximum atomic E-state index is 13.5. The molecule has 0 aromatic heterocycles. The summed E-state index contributed by atoms with van der Waals surface area (Å²) in [6.45, 7) is 0.813. The van der Waals surface area contributed by atoms with Crippen LogP contribution in [-0.4, -0.2) is 40.0 Å². The fourth-order valence-electron chi connectivity index (χ4n) is 7.56. The number of benzene rings is 2. The highest BCUT2D eigenvalue weighted by Crippen LogP contribution is 2.57. The van der Waals surface area contributed by atoms with Gasteiger partial charge in [-0.3, -0.25) is 9.59 Å². The predicted molar refractivity (Wildman–Crippen MR) is 132 cm³/mol. The Labute approximate surface area is 205 Å². The molecule has 178 valence electrons. The molecule has 1 saturated heterocycles. The van der Waals surface area contributed by atoms with Crippen LogP contribution in [-0.2, 0) is 11.2 Å². The first-order valence-corrected chi connectivity index (χ1v) is 12.9. The summed E-state index contributed by atoms with van der Waals surface area (Å²) < 4.78 is 0. The molecule has 5 aliphatic rings. The average Bonchev–Trinajstić information content (AvgIpc) is 3.14. The third-order valence-electron chi connectivity index (χ3n) is 8.71. The topological polar surface area (TPSA) is 69.6 Å². The van der Waals surface area contributed by atoms with Crippen LogP contribution in [0.5, 0.6) is 0 Å². The van der Waals surface area contributed by atoms with Crippen molar-refractivity contribution in [3.05, 3.63) is 64.7 Å². The standard InChI is InChI=1S/C28H31ClN2O3/c29-24-13-23(30-26(32)18-4-2-1-3-5-18)7-6-19(24)12-20-8-9-31(27(20)33)25-21-10-17-11-22(25)16-28(34,14-17)15-21/h1-7,13,17,20-22,25,34H,8-12,14-16H2,(H,30,32). The van der Waals surface area contributed by atoms with Crippen LogP contribution in [0, 0.1) is 23.7 Å². The number of rotatable bonds is 5. The van der Waals surface area contributed by atoms with Crippen LogP contribution in [0.4, 0.5) is 5.69 Å². The Morgan fingerprint density at radius 3 is 2.50 bits per heavy atom. The van der Waals surface area contributed by atoms with E-state index in [1.807, 2.05) is 30.3 Å². The third-order valence-corrected chi connectivity index (χ3v) is 9.07. The molecule has 5 nitrogen and oxygen atoms in total. The van der Waals surface area contributed by atoms with Gasteiger partial charge in [-0.15, -0.1) is 0 Å². The summed E-state index contributed by atoms with van der Waals surface area (Å²) in [6, 6.07) is 14.9. The fraction of sp³-hybridized carbons (Fsp3) is 0.500. The first kappa shape index (κ1) is 22.1. The maximum absolute atomic E-state index is 13.5. The molecule has 4 bridgehead atoms. The molecule has 0 radical (unpaired) electrons. The van der Waals surface area contributed by atoms with E-state index in [-0.39, 0.29) is 17.7 Å². The molecule has 2 amide bonds. The lowest BCUT2D eigenvalue weighted by atomic mass is 9.52. The Kier molecular flexibility index (Phi) is 5.45. The van der Waals surface area contributed by atoms with Gasteiger partial charge in [-0.05, 0) is 92.5 Å². The quantitative estimate of drug-likeness (QED) is 0.640. The van der Waals surface area contributed by atoms with Crippen LogP contribution in [0.1, 0.15) is 54.4 Å². The molecular formula is C28H31ClN2O3. The first-order chi connectivity index (χ1) is 16.4. The second-order valence-corrected chi connectivity index (χ2v) is 11.4. The van der Waals surface area contributed by atoms with Crippen molar-refractivity contribution in [1.29, 1.82) is 0 Å². The molecule has 2 N–H and O–H groups in total. The zero-order valence-electron chi connectivity index (χ0n) is 19.3. The molecule has 3 atom stereocenters. The predicted octanol–water partition coefficient (Wildman–Crippen LogP) is 4.92. The molecule has 2 aromatic carbocycles. The molecule has 34 heavy (non-hydrogen) atoms. The molecule has 1 aliphatic heterocycles. The van der Waals surface area contributed by atoms with Gasteiger partial charge >= 0.3 is 0 Å². The number of amides is 2. The number of hydrogen-bond donors (Lipinski definition) is 2. The van der Waals surface area contributed by atoms with E-state index in [1.54, 1.807) is 18.2 Å². The van der Waals surface area contributed by atoms with Gasteiger partial charge in [0.25, 0.3) is 5.91 Å². The number of nitrogens with one attached hydrogen (secondary N) is 1. The Hall–Kier alpha value is -2.37. The molecule has 0 spiro atoms. The minimum atomic E-state index is -0.472. The third kappa shape index (κ3) is 3.93. The molecular weight excluding hydrogens is 448 g/mol. The van der Waals surface area contributed by atoms with Gasteiger partial charge in [0.2, 0.25) is 5.91 Å². The van der Waals surface area contributed by atoms with Crippen LogP contribution >= 0.6 is 11.6 Å². The fourth-order valence-corrected chi connectivity index (χ4v) is 7.82. The summed E-state index contributed by atoms with van der Waals surface area (Å²) in [5, 5.41) is 14.4. The lowest BCUT2D eigenvalue weighted by molar-refractivity contribution is -0.168. The second-order valence-electron chi connectivity index (χ2n) is 11.0. The van der Waals surface area contributed by atoms with Gasteiger partial charge in [-0.1, -0.05) is 35.9 Å². The summed E-state index contributed by atoms with van der Waals surface area (Å²) in [7, 11) is 0. The van der Waals surface area contributed by atoms with Gasteiger partial charge in [-0.2, -0.15) is 0 Å². The largest absolute Gasteiger partial charge is 0.390 e. The number of carbonyl (C=O) groups excluding carboxylic acids is 2. The van der Waals surface area contributed by atoms with Crippen LogP contribution < -0.4 is 5.32 Å². The Balaban J connectivity index is 1.11. The molecule has 7 rings (SSSR count). The van der Waals surface area contributed by atoms with E-state index < -0.39 is 5.60 Å². The van der Waals surface area contributed by atoms with Gasteiger partial charge in [-0.25, -0.2) is 0 Å². The van der Waals surface area contributed by atoms with E-state index in [2.05, 4.69) is 10.2 Å². The van der Waals surface area contributed by atoms with Crippen LogP contribution in [0.2, 0.25) is 5.02 Å². The Morgan fingerprint density at radius 1 is 1.09 bits per heavy atom. The molecule has 3 unspecified atom stereocenters. The Bertz CT molecular complexity index is 1100. The zero-order chi connectivity index (χ0) is 23.4. The zero-order valence-corrected chi connectivity index (χ0v) is 20.0. The molecule has 5 fully saturated rings. The van der Waals surface area contributed by atoms with E-state index in [1.165, 1.54) is 12.8 Å². The molecule has 1 heterocycles. The van der Waals surface area contributed by atoms with Crippen molar-refractivity contribution in [2.24, 2.45) is 23.7 Å². The first-order valence-electron chi connectivity index (χ1n) is 12.6. The smallest absolute Gasteiger partial charge is 0.255 e. The summed E-state index contributed by atoms with van der Waals surface area (Å²) in [5.74, 6) is 1.58.